The molecule has 48 heavy (non-hydrogen) atoms. The van der Waals surface area contributed by atoms with Crippen LogP contribution in [0.4, 0.5) is 18.9 Å². The van der Waals surface area contributed by atoms with E-state index in [0.717, 1.165) is 11.0 Å². The molecule has 0 saturated heterocycles. The number of amides is 2. The topological polar surface area (TPSA) is 86.8 Å². The summed E-state index contributed by atoms with van der Waals surface area (Å²) in [4.78, 5) is 29.2. The number of nitrogens with zero attached hydrogens (tertiary/aromatic N) is 2. The van der Waals surface area contributed by atoms with E-state index in [1.54, 1.807) is 68.4 Å². The molecule has 1 N–H and O–H groups in total. The minimum Gasteiger partial charge on any atom is -0.352 e. The average molecular weight is 741 g/mol. The van der Waals surface area contributed by atoms with Crippen molar-refractivity contribution in [3.8, 4) is 0 Å². The van der Waals surface area contributed by atoms with Crippen molar-refractivity contribution >= 4 is 62.3 Å². The van der Waals surface area contributed by atoms with Crippen LogP contribution in [-0.2, 0) is 38.8 Å². The predicted octanol–water partition coefficient (Wildman–Crippen LogP) is 8.03. The molecule has 4 rings (SSSR count). The second-order valence-electron chi connectivity index (χ2n) is 11.1. The Bertz CT molecular complexity index is 1840. The van der Waals surface area contributed by atoms with Crippen molar-refractivity contribution < 1.29 is 31.2 Å². The lowest BCUT2D eigenvalue weighted by molar-refractivity contribution is -0.140. The van der Waals surface area contributed by atoms with Gasteiger partial charge in [-0.05, 0) is 61.9 Å². The highest BCUT2D eigenvalue weighted by Gasteiger charge is 2.38. The van der Waals surface area contributed by atoms with Crippen molar-refractivity contribution in [1.82, 2.24) is 10.2 Å². The van der Waals surface area contributed by atoms with Gasteiger partial charge in [0.25, 0.3) is 10.0 Å². The van der Waals surface area contributed by atoms with Crippen LogP contribution in [0.2, 0.25) is 15.1 Å². The zero-order chi connectivity index (χ0) is 35.2. The average Bonchev–Trinajstić information content (AvgIpc) is 3.03. The molecule has 254 valence electrons. The monoisotopic (exact) mass is 739 g/mol. The number of hydrogen-bond donors (Lipinski definition) is 1. The van der Waals surface area contributed by atoms with E-state index in [1.807, 2.05) is 0 Å². The summed E-state index contributed by atoms with van der Waals surface area (Å²) in [5.74, 6) is -1.49. The van der Waals surface area contributed by atoms with E-state index in [2.05, 4.69) is 5.32 Å². The van der Waals surface area contributed by atoms with Crippen LogP contribution in [0.5, 0.6) is 0 Å². The number of benzene rings is 4. The van der Waals surface area contributed by atoms with Crippen LogP contribution in [0.25, 0.3) is 0 Å². The SMILES string of the molecule is CC(C)NC(=O)[C@@H](Cc1ccccc1)N(Cc1c(Cl)cccc1Cl)C(=O)CN(c1cc(C(F)(F)F)ccc1Cl)S(=O)(=O)c1ccccc1. The molecule has 0 bridgehead atoms. The van der Waals surface area contributed by atoms with Gasteiger partial charge in [0.05, 0.1) is 21.2 Å². The van der Waals surface area contributed by atoms with Crippen molar-refractivity contribution in [1.29, 1.82) is 0 Å². The fourth-order valence-corrected chi connectivity index (χ4v) is 7.13. The number of hydrogen-bond acceptors (Lipinski definition) is 4. The quantitative estimate of drug-likeness (QED) is 0.160. The van der Waals surface area contributed by atoms with Crippen LogP contribution in [0.3, 0.4) is 0 Å². The number of carbonyl (C=O) groups excluding carboxylic acids is 2. The van der Waals surface area contributed by atoms with Gasteiger partial charge in [0.2, 0.25) is 11.8 Å². The molecule has 2 amide bonds. The second-order valence-corrected chi connectivity index (χ2v) is 14.2. The van der Waals surface area contributed by atoms with Crippen LogP contribution < -0.4 is 9.62 Å². The van der Waals surface area contributed by atoms with Gasteiger partial charge < -0.3 is 10.2 Å². The molecule has 0 saturated carbocycles. The predicted molar refractivity (Wildman–Crippen MR) is 182 cm³/mol. The van der Waals surface area contributed by atoms with E-state index < -0.39 is 51.9 Å². The van der Waals surface area contributed by atoms with Crippen LogP contribution in [0.1, 0.15) is 30.5 Å². The third-order valence-corrected chi connectivity index (χ3v) is 10.0. The number of alkyl halides is 3. The minimum atomic E-state index is -4.85. The highest BCUT2D eigenvalue weighted by molar-refractivity contribution is 7.92. The molecule has 7 nitrogen and oxygen atoms in total. The molecule has 0 heterocycles. The third kappa shape index (κ3) is 9.02. The summed E-state index contributed by atoms with van der Waals surface area (Å²) in [7, 11) is -4.70. The Labute approximate surface area is 292 Å². The summed E-state index contributed by atoms with van der Waals surface area (Å²) in [5, 5.41) is 2.82. The highest BCUT2D eigenvalue weighted by Crippen LogP contribution is 2.38. The first kappa shape index (κ1) is 37.1. The standard InChI is InChI=1S/C34H31Cl3F3N3O4S/c1-22(2)41-33(45)31(18-23-10-5-3-6-11-23)42(20-26-27(35)14-9-15-28(26)36)32(44)21-43(48(46,47)25-12-7-4-8-13-25)30-19-24(34(38,39)40)16-17-29(30)37/h3-17,19,22,31H,18,20-21H2,1-2H3,(H,41,45)/t31-/m1/s1. The summed E-state index contributed by atoms with van der Waals surface area (Å²) in [5.41, 5.74) is -0.801. The number of rotatable bonds is 12. The van der Waals surface area contributed by atoms with Gasteiger partial charge in [-0.15, -0.1) is 0 Å². The highest BCUT2D eigenvalue weighted by atomic mass is 35.5. The summed E-state index contributed by atoms with van der Waals surface area (Å²) in [6.07, 6.45) is -4.85. The minimum absolute atomic E-state index is 0.00293. The first-order valence-electron chi connectivity index (χ1n) is 14.6. The molecule has 0 aliphatic rings. The molecule has 0 aromatic heterocycles. The van der Waals surface area contributed by atoms with Crippen molar-refractivity contribution in [2.45, 2.75) is 50.0 Å². The Kier molecular flexibility index (Phi) is 12.1. The first-order valence-corrected chi connectivity index (χ1v) is 17.2. The fourth-order valence-electron chi connectivity index (χ4n) is 4.90. The van der Waals surface area contributed by atoms with Crippen molar-refractivity contribution in [3.05, 3.63) is 129 Å². The Morgan fingerprint density at radius 2 is 1.40 bits per heavy atom. The lowest BCUT2D eigenvalue weighted by atomic mass is 10.0. The zero-order valence-corrected chi connectivity index (χ0v) is 28.8. The number of halogens is 6. The lowest BCUT2D eigenvalue weighted by Gasteiger charge is -2.34. The lowest BCUT2D eigenvalue weighted by Crippen LogP contribution is -2.54. The number of anilines is 1. The van der Waals surface area contributed by atoms with E-state index in [4.69, 9.17) is 34.8 Å². The molecule has 14 heteroatoms. The van der Waals surface area contributed by atoms with Gasteiger partial charge in [-0.3, -0.25) is 13.9 Å². The van der Waals surface area contributed by atoms with Gasteiger partial charge in [-0.25, -0.2) is 8.42 Å². The summed E-state index contributed by atoms with van der Waals surface area (Å²) >= 11 is 19.3. The van der Waals surface area contributed by atoms with E-state index >= 15 is 0 Å². The Balaban J connectivity index is 1.90. The molecule has 0 spiro atoms. The molecule has 4 aromatic rings. The van der Waals surface area contributed by atoms with Crippen molar-refractivity contribution in [3.63, 3.8) is 0 Å². The molecule has 0 aliphatic heterocycles. The summed E-state index contributed by atoms with van der Waals surface area (Å²) in [6, 6.07) is 21.0. The number of carbonyl (C=O) groups is 2. The van der Waals surface area contributed by atoms with E-state index in [-0.39, 0.29) is 44.5 Å². The maximum absolute atomic E-state index is 14.5. The molecular formula is C34H31Cl3F3N3O4S. The van der Waals surface area contributed by atoms with E-state index in [1.165, 1.54) is 24.3 Å². The Morgan fingerprint density at radius 1 is 0.812 bits per heavy atom. The van der Waals surface area contributed by atoms with Gasteiger partial charge in [0, 0.05) is 34.6 Å². The van der Waals surface area contributed by atoms with Crippen LogP contribution >= 0.6 is 34.8 Å². The van der Waals surface area contributed by atoms with E-state index in [9.17, 15) is 31.2 Å². The molecular weight excluding hydrogens is 710 g/mol. The Morgan fingerprint density at radius 3 is 1.96 bits per heavy atom. The van der Waals surface area contributed by atoms with Gasteiger partial charge in [0.1, 0.15) is 12.6 Å². The van der Waals surface area contributed by atoms with Crippen LogP contribution in [0.15, 0.2) is 102 Å². The molecule has 0 radical (unpaired) electrons. The van der Waals surface area contributed by atoms with Gasteiger partial charge in [-0.2, -0.15) is 13.2 Å². The largest absolute Gasteiger partial charge is 0.416 e. The van der Waals surface area contributed by atoms with E-state index in [0.29, 0.717) is 22.0 Å². The normalized spacial score (nSPS) is 12.4. The molecule has 0 aliphatic carbocycles. The zero-order valence-electron chi connectivity index (χ0n) is 25.7. The summed E-state index contributed by atoms with van der Waals surface area (Å²) < 4.78 is 70.3. The maximum Gasteiger partial charge on any atom is 0.416 e. The summed E-state index contributed by atoms with van der Waals surface area (Å²) in [6.45, 7) is 2.10. The molecule has 4 aromatic carbocycles. The fraction of sp³-hybridized carbons (Fsp3) is 0.235. The van der Waals surface area contributed by atoms with Gasteiger partial charge in [-0.1, -0.05) is 89.4 Å². The smallest absolute Gasteiger partial charge is 0.352 e. The van der Waals surface area contributed by atoms with Gasteiger partial charge >= 0.3 is 6.18 Å². The van der Waals surface area contributed by atoms with Crippen LogP contribution in [0, 0.1) is 0 Å². The first-order chi connectivity index (χ1) is 22.6. The molecule has 0 unspecified atom stereocenters. The number of nitrogens with one attached hydrogen (secondary N) is 1. The molecule has 1 atom stereocenters. The maximum atomic E-state index is 14.5. The number of sulfonamides is 1. The van der Waals surface area contributed by atoms with Crippen molar-refractivity contribution in [2.75, 3.05) is 10.8 Å². The van der Waals surface area contributed by atoms with Crippen LogP contribution in [-0.4, -0.2) is 43.8 Å². The van der Waals surface area contributed by atoms with Crippen molar-refractivity contribution in [2.24, 2.45) is 0 Å². The molecule has 0 fully saturated rings. The van der Waals surface area contributed by atoms with Gasteiger partial charge in [0.15, 0.2) is 0 Å². The Hall–Kier alpha value is -3.77. The second kappa shape index (κ2) is 15.6. The third-order valence-electron chi connectivity index (χ3n) is 7.24.